The molecular weight excluding hydrogens is 352 g/mol. The fourth-order valence-electron chi connectivity index (χ4n) is 2.85. The Bertz CT molecular complexity index is 633. The molecule has 2 rings (SSSR count). The van der Waals surface area contributed by atoms with Crippen LogP contribution in [-0.4, -0.2) is 35.7 Å². The highest BCUT2D eigenvalue weighted by atomic mass is 19.4. The van der Waals surface area contributed by atoms with Crippen molar-refractivity contribution in [2.45, 2.75) is 58.0 Å². The van der Waals surface area contributed by atoms with Gasteiger partial charge in [-0.3, -0.25) is 4.90 Å². The van der Waals surface area contributed by atoms with Gasteiger partial charge in [0.25, 0.3) is 0 Å². The highest BCUT2D eigenvalue weighted by Gasteiger charge is 2.34. The topological polar surface area (TPSA) is 41.6 Å². The van der Waals surface area contributed by atoms with Gasteiger partial charge in [-0.15, -0.1) is 0 Å². The van der Waals surface area contributed by atoms with Gasteiger partial charge >= 0.3 is 12.3 Å². The molecule has 0 aliphatic carbocycles. The van der Waals surface area contributed by atoms with Crippen LogP contribution < -0.4 is 5.32 Å². The third-order valence-corrected chi connectivity index (χ3v) is 4.05. The maximum absolute atomic E-state index is 13.6. The average Bonchev–Trinajstić information content (AvgIpc) is 2.46. The number of piperidine rings is 1. The van der Waals surface area contributed by atoms with Gasteiger partial charge in [0, 0.05) is 25.7 Å². The molecule has 1 aliphatic rings. The summed E-state index contributed by atoms with van der Waals surface area (Å²) >= 11 is 0. The summed E-state index contributed by atoms with van der Waals surface area (Å²) in [5, 5.41) is 2.82. The first-order chi connectivity index (χ1) is 11.9. The number of amides is 1. The maximum atomic E-state index is 13.6. The molecule has 1 saturated heterocycles. The van der Waals surface area contributed by atoms with E-state index >= 15 is 0 Å². The zero-order chi connectivity index (χ0) is 19.5. The van der Waals surface area contributed by atoms with E-state index in [4.69, 9.17) is 4.74 Å². The summed E-state index contributed by atoms with van der Waals surface area (Å²) in [4.78, 5) is 13.8. The number of hydrogen-bond donors (Lipinski definition) is 1. The number of nitrogens with zero attached hydrogens (tertiary/aromatic N) is 1. The van der Waals surface area contributed by atoms with Gasteiger partial charge in [-0.25, -0.2) is 9.18 Å². The van der Waals surface area contributed by atoms with E-state index in [9.17, 15) is 22.4 Å². The fraction of sp³-hybridized carbons (Fsp3) is 0.611. The van der Waals surface area contributed by atoms with Gasteiger partial charge in [-0.05, 0) is 51.3 Å². The van der Waals surface area contributed by atoms with Crippen LogP contribution in [0.3, 0.4) is 0 Å². The molecule has 0 atom stereocenters. The number of carbonyl (C=O) groups excluding carboxylic acids is 1. The minimum atomic E-state index is -4.69. The van der Waals surface area contributed by atoms with Crippen molar-refractivity contribution in [3.8, 4) is 0 Å². The molecule has 0 radical (unpaired) electrons. The van der Waals surface area contributed by atoms with E-state index in [2.05, 4.69) is 5.32 Å². The SMILES string of the molecule is CC(C)(C)OC(=O)NC1CCN(Cc2ccc(C(F)(F)F)c(F)c2)CC1. The number of nitrogens with one attached hydrogen (secondary N) is 1. The molecule has 0 spiro atoms. The first-order valence-electron chi connectivity index (χ1n) is 8.51. The average molecular weight is 376 g/mol. The van der Waals surface area contributed by atoms with Gasteiger partial charge < -0.3 is 10.1 Å². The predicted octanol–water partition coefficient (Wildman–Crippen LogP) is 4.33. The molecule has 8 heteroatoms. The molecule has 0 aromatic heterocycles. The van der Waals surface area contributed by atoms with Crippen LogP contribution in [0.1, 0.15) is 44.7 Å². The van der Waals surface area contributed by atoms with Crippen LogP contribution in [0.25, 0.3) is 0 Å². The Balaban J connectivity index is 1.84. The Morgan fingerprint density at radius 1 is 1.23 bits per heavy atom. The van der Waals surface area contributed by atoms with Crippen molar-refractivity contribution in [2.24, 2.45) is 0 Å². The van der Waals surface area contributed by atoms with Gasteiger partial charge in [0.15, 0.2) is 0 Å². The summed E-state index contributed by atoms with van der Waals surface area (Å²) in [7, 11) is 0. The zero-order valence-electron chi connectivity index (χ0n) is 15.1. The van der Waals surface area contributed by atoms with Gasteiger partial charge in [0.1, 0.15) is 11.4 Å². The Kier molecular flexibility index (Phi) is 6.16. The van der Waals surface area contributed by atoms with Gasteiger partial charge in [-0.1, -0.05) is 6.07 Å². The van der Waals surface area contributed by atoms with Gasteiger partial charge in [-0.2, -0.15) is 13.2 Å². The number of benzene rings is 1. The number of carbonyl (C=O) groups is 1. The van der Waals surface area contributed by atoms with Crippen molar-refractivity contribution in [1.29, 1.82) is 0 Å². The number of rotatable bonds is 3. The maximum Gasteiger partial charge on any atom is 0.419 e. The summed E-state index contributed by atoms with van der Waals surface area (Å²) < 4.78 is 56.6. The number of alkyl halides is 3. The first kappa shape index (κ1) is 20.5. The third-order valence-electron chi connectivity index (χ3n) is 4.05. The standard InChI is InChI=1S/C18H24F4N2O2/c1-17(2,3)26-16(25)23-13-6-8-24(9-7-13)11-12-4-5-14(15(19)10-12)18(20,21)22/h4-5,10,13H,6-9,11H2,1-3H3,(H,23,25). The molecule has 1 heterocycles. The molecule has 1 aliphatic heterocycles. The third kappa shape index (κ3) is 6.16. The Labute approximate surface area is 150 Å². The second-order valence-corrected chi connectivity index (χ2v) is 7.51. The first-order valence-corrected chi connectivity index (χ1v) is 8.51. The van der Waals surface area contributed by atoms with E-state index < -0.39 is 29.3 Å². The van der Waals surface area contributed by atoms with Crippen LogP contribution in [0, 0.1) is 5.82 Å². The highest BCUT2D eigenvalue weighted by Crippen LogP contribution is 2.31. The molecule has 4 nitrogen and oxygen atoms in total. The van der Waals surface area contributed by atoms with Crippen LogP contribution in [-0.2, 0) is 17.5 Å². The summed E-state index contributed by atoms with van der Waals surface area (Å²) in [6, 6.07) is 3.01. The molecule has 1 aromatic carbocycles. The Morgan fingerprint density at radius 2 is 1.85 bits per heavy atom. The molecule has 1 aromatic rings. The van der Waals surface area contributed by atoms with E-state index in [0.717, 1.165) is 12.1 Å². The van der Waals surface area contributed by atoms with Crippen molar-refractivity contribution in [3.63, 3.8) is 0 Å². The van der Waals surface area contributed by atoms with E-state index in [0.29, 0.717) is 38.0 Å². The number of alkyl carbamates (subject to hydrolysis) is 1. The van der Waals surface area contributed by atoms with Crippen molar-refractivity contribution in [3.05, 3.63) is 35.1 Å². The van der Waals surface area contributed by atoms with Crippen molar-refractivity contribution < 1.29 is 27.1 Å². The van der Waals surface area contributed by atoms with Crippen molar-refractivity contribution in [2.75, 3.05) is 13.1 Å². The number of ether oxygens (including phenoxy) is 1. The Hall–Kier alpha value is -1.83. The molecule has 0 bridgehead atoms. The van der Waals surface area contributed by atoms with Crippen molar-refractivity contribution >= 4 is 6.09 Å². The largest absolute Gasteiger partial charge is 0.444 e. The molecule has 0 saturated carbocycles. The smallest absolute Gasteiger partial charge is 0.419 e. The van der Waals surface area contributed by atoms with Crippen LogP contribution in [0.4, 0.5) is 22.4 Å². The molecule has 1 fully saturated rings. The summed E-state index contributed by atoms with van der Waals surface area (Å²) in [6.45, 7) is 7.05. The minimum absolute atomic E-state index is 0.00885. The van der Waals surface area contributed by atoms with Crippen LogP contribution in [0.5, 0.6) is 0 Å². The number of halogens is 4. The lowest BCUT2D eigenvalue weighted by molar-refractivity contribution is -0.140. The van der Waals surface area contributed by atoms with Crippen LogP contribution in [0.2, 0.25) is 0 Å². The molecule has 1 N–H and O–H groups in total. The highest BCUT2D eigenvalue weighted by molar-refractivity contribution is 5.68. The van der Waals surface area contributed by atoms with Crippen LogP contribution in [0.15, 0.2) is 18.2 Å². The molecule has 146 valence electrons. The van der Waals surface area contributed by atoms with E-state index in [1.54, 1.807) is 20.8 Å². The Morgan fingerprint density at radius 3 is 2.35 bits per heavy atom. The quantitative estimate of drug-likeness (QED) is 0.799. The lowest BCUT2D eigenvalue weighted by Crippen LogP contribution is -2.45. The lowest BCUT2D eigenvalue weighted by Gasteiger charge is -2.32. The summed E-state index contributed by atoms with van der Waals surface area (Å²) in [5.41, 5.74) is -1.31. The van der Waals surface area contributed by atoms with E-state index in [-0.39, 0.29) is 6.04 Å². The minimum Gasteiger partial charge on any atom is -0.444 e. The monoisotopic (exact) mass is 376 g/mol. The summed E-state index contributed by atoms with van der Waals surface area (Å²) in [5.74, 6) is -1.25. The molecule has 1 amide bonds. The van der Waals surface area contributed by atoms with Gasteiger partial charge in [0.05, 0.1) is 5.56 Å². The fourth-order valence-corrected chi connectivity index (χ4v) is 2.85. The molecular formula is C18H24F4N2O2. The second kappa shape index (κ2) is 7.82. The van der Waals surface area contributed by atoms with Gasteiger partial charge in [0.2, 0.25) is 0 Å². The number of likely N-dealkylation sites (tertiary alicyclic amines) is 1. The summed E-state index contributed by atoms with van der Waals surface area (Å²) in [6.07, 6.45) is -3.75. The van der Waals surface area contributed by atoms with Crippen LogP contribution >= 0.6 is 0 Å². The lowest BCUT2D eigenvalue weighted by atomic mass is 10.0. The predicted molar refractivity (Wildman–Crippen MR) is 89.1 cm³/mol. The molecule has 26 heavy (non-hydrogen) atoms. The number of hydrogen-bond acceptors (Lipinski definition) is 3. The normalized spacial score (nSPS) is 17.2. The second-order valence-electron chi connectivity index (χ2n) is 7.51. The van der Waals surface area contributed by atoms with Crippen molar-refractivity contribution in [1.82, 2.24) is 10.2 Å². The zero-order valence-corrected chi connectivity index (χ0v) is 15.1. The van der Waals surface area contributed by atoms with E-state index in [1.165, 1.54) is 6.07 Å². The van der Waals surface area contributed by atoms with E-state index in [1.807, 2.05) is 4.90 Å². The molecule has 0 unspecified atom stereocenters.